The number of amides is 1. The van der Waals surface area contributed by atoms with Crippen LogP contribution in [0.1, 0.15) is 44.0 Å². The summed E-state index contributed by atoms with van der Waals surface area (Å²) in [4.78, 5) is 23.8. The molecule has 1 aromatic carbocycles. The van der Waals surface area contributed by atoms with Crippen molar-refractivity contribution >= 4 is 27.6 Å². The molecule has 0 spiro atoms. The molecule has 38 heavy (non-hydrogen) atoms. The summed E-state index contributed by atoms with van der Waals surface area (Å²) in [5, 5.41) is -0.364. The zero-order chi connectivity index (χ0) is 27.4. The summed E-state index contributed by atoms with van der Waals surface area (Å²) >= 11 is 0. The lowest BCUT2D eigenvalue weighted by Crippen LogP contribution is -2.38. The number of carbonyl (C=O) groups excluding carboxylic acids is 1. The number of nitrogens with zero attached hydrogens (tertiary/aromatic N) is 3. The number of hydrogen-bond acceptors (Lipinski definition) is 8. The number of piperidine rings is 1. The Morgan fingerprint density at radius 2 is 2.00 bits per heavy atom. The Labute approximate surface area is 222 Å². The van der Waals surface area contributed by atoms with Crippen molar-refractivity contribution in [2.24, 2.45) is 11.8 Å². The molecule has 3 heterocycles. The maximum atomic E-state index is 14.5. The topological polar surface area (TPSA) is 128 Å². The average molecular weight is 542 g/mol. The predicted octanol–water partition coefficient (Wildman–Crippen LogP) is 4.25. The van der Waals surface area contributed by atoms with E-state index in [0.717, 1.165) is 12.8 Å². The fourth-order valence-corrected chi connectivity index (χ4v) is 5.22. The van der Waals surface area contributed by atoms with Gasteiger partial charge in [0.2, 0.25) is 0 Å². The van der Waals surface area contributed by atoms with Gasteiger partial charge in [0.05, 0.1) is 17.9 Å². The van der Waals surface area contributed by atoms with Gasteiger partial charge < -0.3 is 15.4 Å². The molecule has 0 saturated carbocycles. The summed E-state index contributed by atoms with van der Waals surface area (Å²) in [5.41, 5.74) is 6.62. The van der Waals surface area contributed by atoms with Crippen LogP contribution in [0.25, 0.3) is 11.3 Å². The number of ether oxygens (including phenoxy) is 1. The standard InChI is InChI=1S/C27H32FN5O4S/c1-17(2)16-37-21-13-19(12-20(28)14-21)23-10-9-22(26(30-23)33-11-5-6-18(3)15-33)27(34)32-38(35,36)25-8-4-7-24(29)31-25/h4,7-10,12-14,17-18H,5-6,11,15-16H2,1-3H3,(H2,29,31)(H,32,34)/t18-/m0/s1. The highest BCUT2D eigenvalue weighted by atomic mass is 32.2. The lowest BCUT2D eigenvalue weighted by atomic mass is 9.99. The Morgan fingerprint density at radius 1 is 1.21 bits per heavy atom. The van der Waals surface area contributed by atoms with Gasteiger partial charge in [-0.2, -0.15) is 8.42 Å². The van der Waals surface area contributed by atoms with Crippen LogP contribution >= 0.6 is 0 Å². The Balaban J connectivity index is 1.71. The molecule has 9 nitrogen and oxygen atoms in total. The fraction of sp³-hybridized carbons (Fsp3) is 0.370. The van der Waals surface area contributed by atoms with E-state index in [1.54, 1.807) is 12.1 Å². The predicted molar refractivity (Wildman–Crippen MR) is 144 cm³/mol. The first-order valence-corrected chi connectivity index (χ1v) is 14.0. The quantitative estimate of drug-likeness (QED) is 0.433. The van der Waals surface area contributed by atoms with Crippen molar-refractivity contribution in [1.29, 1.82) is 0 Å². The Bertz CT molecular complexity index is 1430. The number of nitrogens with two attached hydrogens (primary N) is 1. The summed E-state index contributed by atoms with van der Waals surface area (Å²) in [6.45, 7) is 7.84. The first-order valence-electron chi connectivity index (χ1n) is 12.5. The molecular formula is C27H32FN5O4S. The molecule has 3 N–H and O–H groups in total. The molecule has 0 bridgehead atoms. The second-order valence-electron chi connectivity index (χ2n) is 9.98. The van der Waals surface area contributed by atoms with Gasteiger partial charge in [0.15, 0.2) is 5.03 Å². The SMILES string of the molecule is CC(C)COc1cc(F)cc(-c2ccc(C(=O)NS(=O)(=O)c3cccc(N)n3)c(N3CCC[C@H](C)C3)n2)c1. The minimum Gasteiger partial charge on any atom is -0.493 e. The van der Waals surface area contributed by atoms with Crippen LogP contribution < -0.4 is 20.1 Å². The third kappa shape index (κ3) is 6.58. The number of carbonyl (C=O) groups is 1. The van der Waals surface area contributed by atoms with Gasteiger partial charge >= 0.3 is 0 Å². The lowest BCUT2D eigenvalue weighted by Gasteiger charge is -2.33. The van der Waals surface area contributed by atoms with Crippen LogP contribution in [0.5, 0.6) is 5.75 Å². The van der Waals surface area contributed by atoms with Crippen LogP contribution in [0.3, 0.4) is 0 Å². The smallest absolute Gasteiger partial charge is 0.281 e. The molecule has 1 amide bonds. The fourth-order valence-electron chi connectivity index (χ4n) is 4.28. The Kier molecular flexibility index (Phi) is 8.15. The van der Waals surface area contributed by atoms with E-state index >= 15 is 0 Å². The van der Waals surface area contributed by atoms with E-state index in [0.29, 0.717) is 48.4 Å². The molecule has 1 aliphatic rings. The van der Waals surface area contributed by atoms with Gasteiger partial charge in [0, 0.05) is 24.7 Å². The second kappa shape index (κ2) is 11.3. The van der Waals surface area contributed by atoms with Crippen molar-refractivity contribution in [2.45, 2.75) is 38.6 Å². The molecule has 1 fully saturated rings. The van der Waals surface area contributed by atoms with Crippen molar-refractivity contribution in [3.63, 3.8) is 0 Å². The summed E-state index contributed by atoms with van der Waals surface area (Å²) < 4.78 is 47.9. The van der Waals surface area contributed by atoms with Gasteiger partial charge in [0.25, 0.3) is 15.9 Å². The number of pyridine rings is 2. The molecule has 1 atom stereocenters. The van der Waals surface area contributed by atoms with E-state index in [1.165, 1.54) is 36.4 Å². The second-order valence-corrected chi connectivity index (χ2v) is 11.6. The molecule has 3 aromatic rings. The van der Waals surface area contributed by atoms with Crippen molar-refractivity contribution in [3.8, 4) is 17.0 Å². The maximum Gasteiger partial charge on any atom is 0.281 e. The first kappa shape index (κ1) is 27.3. The number of halogens is 1. The number of nitrogens with one attached hydrogen (secondary N) is 1. The minimum atomic E-state index is -4.28. The van der Waals surface area contributed by atoms with Crippen LogP contribution in [-0.4, -0.2) is 44.0 Å². The van der Waals surface area contributed by atoms with E-state index in [4.69, 9.17) is 15.5 Å². The van der Waals surface area contributed by atoms with Crippen molar-refractivity contribution < 1.29 is 22.3 Å². The van der Waals surface area contributed by atoms with Crippen LogP contribution in [0.2, 0.25) is 0 Å². The first-order chi connectivity index (χ1) is 18.0. The molecule has 1 saturated heterocycles. The van der Waals surface area contributed by atoms with Crippen LogP contribution in [0.15, 0.2) is 53.6 Å². The molecule has 11 heteroatoms. The van der Waals surface area contributed by atoms with Gasteiger partial charge in [-0.3, -0.25) is 4.79 Å². The molecule has 4 rings (SSSR count). The Morgan fingerprint density at radius 3 is 2.71 bits per heavy atom. The van der Waals surface area contributed by atoms with Crippen molar-refractivity contribution in [3.05, 3.63) is 59.9 Å². The number of hydrogen-bond donors (Lipinski definition) is 2. The highest BCUT2D eigenvalue weighted by Gasteiger charge is 2.27. The van der Waals surface area contributed by atoms with E-state index in [-0.39, 0.29) is 22.3 Å². The average Bonchev–Trinajstić information content (AvgIpc) is 2.86. The number of anilines is 2. The van der Waals surface area contributed by atoms with Crippen LogP contribution in [0, 0.1) is 17.7 Å². The van der Waals surface area contributed by atoms with Gasteiger partial charge in [-0.05, 0) is 61.1 Å². The van der Waals surface area contributed by atoms with Crippen LogP contribution in [0.4, 0.5) is 16.0 Å². The maximum absolute atomic E-state index is 14.5. The summed E-state index contributed by atoms with van der Waals surface area (Å²) in [6, 6.07) is 11.6. The minimum absolute atomic E-state index is 0.0150. The Hall–Kier alpha value is -3.73. The zero-order valence-electron chi connectivity index (χ0n) is 21.6. The number of aromatic nitrogens is 2. The molecule has 0 unspecified atom stereocenters. The molecule has 0 radical (unpaired) electrons. The number of sulfonamides is 1. The molecule has 2 aromatic heterocycles. The zero-order valence-corrected chi connectivity index (χ0v) is 22.5. The van der Waals surface area contributed by atoms with Gasteiger partial charge in [-0.1, -0.05) is 26.8 Å². The monoisotopic (exact) mass is 541 g/mol. The number of benzene rings is 1. The van der Waals surface area contributed by atoms with Gasteiger partial charge in [-0.15, -0.1) is 0 Å². The number of rotatable bonds is 8. The largest absolute Gasteiger partial charge is 0.493 e. The van der Waals surface area contributed by atoms with Crippen molar-refractivity contribution in [1.82, 2.24) is 14.7 Å². The number of nitrogen functional groups attached to an aromatic ring is 1. The normalized spacial score (nSPS) is 15.9. The van der Waals surface area contributed by atoms with E-state index in [1.807, 2.05) is 18.7 Å². The molecule has 1 aliphatic heterocycles. The molecule has 0 aliphatic carbocycles. The lowest BCUT2D eigenvalue weighted by molar-refractivity contribution is 0.0981. The summed E-state index contributed by atoms with van der Waals surface area (Å²) in [5.74, 6) is 0.0312. The summed E-state index contributed by atoms with van der Waals surface area (Å²) in [7, 11) is -4.28. The third-order valence-corrected chi connectivity index (χ3v) is 7.31. The van der Waals surface area contributed by atoms with Crippen LogP contribution in [-0.2, 0) is 10.0 Å². The van der Waals surface area contributed by atoms with Gasteiger partial charge in [-0.25, -0.2) is 19.1 Å². The van der Waals surface area contributed by atoms with E-state index in [2.05, 4.69) is 16.6 Å². The third-order valence-electron chi connectivity index (χ3n) is 6.07. The van der Waals surface area contributed by atoms with E-state index < -0.39 is 21.7 Å². The highest BCUT2D eigenvalue weighted by molar-refractivity contribution is 7.90. The van der Waals surface area contributed by atoms with Crippen molar-refractivity contribution in [2.75, 3.05) is 30.3 Å². The highest BCUT2D eigenvalue weighted by Crippen LogP contribution is 2.30. The van der Waals surface area contributed by atoms with Gasteiger partial charge in [0.1, 0.15) is 23.2 Å². The summed E-state index contributed by atoms with van der Waals surface area (Å²) in [6.07, 6.45) is 1.93. The van der Waals surface area contributed by atoms with E-state index in [9.17, 15) is 17.6 Å². The molecular weight excluding hydrogens is 509 g/mol. The molecule has 202 valence electrons.